The van der Waals surface area contributed by atoms with Gasteiger partial charge in [-0.25, -0.2) is 0 Å². The topological polar surface area (TPSA) is 29.9 Å². The zero-order valence-electron chi connectivity index (χ0n) is 12.8. The number of thioether (sulfide) groups is 1. The molecular weight excluding hydrogens is 290 g/mol. The largest absolute Gasteiger partial charge is 0.308 e. The van der Waals surface area contributed by atoms with Gasteiger partial charge in [0.2, 0.25) is 0 Å². The van der Waals surface area contributed by atoms with E-state index in [1.807, 2.05) is 16.4 Å². The fraction of sp³-hybridized carbons (Fsp3) is 0.800. The van der Waals surface area contributed by atoms with Gasteiger partial charge in [0.15, 0.2) is 0 Å². The van der Waals surface area contributed by atoms with Crippen LogP contribution in [-0.2, 0) is 19.5 Å². The van der Waals surface area contributed by atoms with Crippen LogP contribution in [-0.4, -0.2) is 27.3 Å². The van der Waals surface area contributed by atoms with E-state index in [-0.39, 0.29) is 0 Å². The van der Waals surface area contributed by atoms with Crippen molar-refractivity contribution < 1.29 is 0 Å². The number of nitrogens with zero attached hydrogens (tertiary/aromatic N) is 2. The number of halogens is 1. The molecule has 1 aromatic rings. The number of aryl methyl sites for hydroxylation is 2. The second-order valence-corrected chi connectivity index (χ2v) is 6.99. The summed E-state index contributed by atoms with van der Waals surface area (Å²) in [6.45, 7) is 5.95. The highest BCUT2D eigenvalue weighted by Crippen LogP contribution is 2.28. The van der Waals surface area contributed by atoms with E-state index in [9.17, 15) is 0 Å². The lowest BCUT2D eigenvalue weighted by Gasteiger charge is -2.28. The summed E-state index contributed by atoms with van der Waals surface area (Å²) in [5.41, 5.74) is 2.17. The third-order valence-electron chi connectivity index (χ3n) is 4.21. The summed E-state index contributed by atoms with van der Waals surface area (Å²) in [5, 5.41) is 9.96. The van der Waals surface area contributed by atoms with Gasteiger partial charge in [-0.3, -0.25) is 4.68 Å². The minimum Gasteiger partial charge on any atom is -0.308 e. The lowest BCUT2D eigenvalue weighted by Crippen LogP contribution is -2.35. The van der Waals surface area contributed by atoms with E-state index in [0.29, 0.717) is 6.04 Å². The van der Waals surface area contributed by atoms with Crippen LogP contribution >= 0.6 is 23.4 Å². The molecule has 0 radical (unpaired) electrons. The lowest BCUT2D eigenvalue weighted by molar-refractivity contribution is 0.374. The molecule has 1 aliphatic rings. The molecule has 2 atom stereocenters. The standard InChI is InChI=1S/C15H26ClN3S/c1-4-13-15(16)14(19(5-2)18-13)10-17-11-7-6-8-12(9-11)20-3/h11-12,17H,4-10H2,1-3H3. The Kier molecular flexibility index (Phi) is 6.24. The molecule has 2 rings (SSSR count). The Morgan fingerprint density at radius 1 is 1.40 bits per heavy atom. The molecule has 1 heterocycles. The maximum absolute atomic E-state index is 6.45. The van der Waals surface area contributed by atoms with Gasteiger partial charge in [0.25, 0.3) is 0 Å². The van der Waals surface area contributed by atoms with E-state index < -0.39 is 0 Å². The molecule has 2 unspecified atom stereocenters. The van der Waals surface area contributed by atoms with Gasteiger partial charge in [-0.1, -0.05) is 24.9 Å². The molecule has 1 aromatic heterocycles. The van der Waals surface area contributed by atoms with E-state index in [0.717, 1.165) is 41.2 Å². The molecule has 0 amide bonds. The van der Waals surface area contributed by atoms with Crippen molar-refractivity contribution in [2.24, 2.45) is 0 Å². The van der Waals surface area contributed by atoms with E-state index in [4.69, 9.17) is 11.6 Å². The molecule has 1 aliphatic carbocycles. The Morgan fingerprint density at radius 2 is 2.20 bits per heavy atom. The first-order valence-corrected chi connectivity index (χ1v) is 9.36. The molecule has 0 aliphatic heterocycles. The van der Waals surface area contributed by atoms with Crippen LogP contribution in [0, 0.1) is 0 Å². The van der Waals surface area contributed by atoms with Gasteiger partial charge < -0.3 is 5.32 Å². The first-order valence-electron chi connectivity index (χ1n) is 7.69. The van der Waals surface area contributed by atoms with Crippen molar-refractivity contribution in [3.05, 3.63) is 16.4 Å². The van der Waals surface area contributed by atoms with Crippen LogP contribution in [0.2, 0.25) is 5.02 Å². The van der Waals surface area contributed by atoms with Crippen LogP contribution in [0.15, 0.2) is 0 Å². The number of hydrogen-bond donors (Lipinski definition) is 1. The average Bonchev–Trinajstić information content (AvgIpc) is 2.81. The smallest absolute Gasteiger partial charge is 0.0863 e. The molecule has 1 N–H and O–H groups in total. The summed E-state index contributed by atoms with van der Waals surface area (Å²) in [5.74, 6) is 0. The zero-order chi connectivity index (χ0) is 14.5. The van der Waals surface area contributed by atoms with Gasteiger partial charge in [0, 0.05) is 24.4 Å². The molecule has 0 bridgehead atoms. The van der Waals surface area contributed by atoms with Gasteiger partial charge in [-0.15, -0.1) is 0 Å². The molecule has 1 fully saturated rings. The van der Waals surface area contributed by atoms with Crippen LogP contribution in [0.5, 0.6) is 0 Å². The van der Waals surface area contributed by atoms with E-state index in [1.165, 1.54) is 25.7 Å². The normalized spacial score (nSPS) is 23.2. The number of hydrogen-bond acceptors (Lipinski definition) is 3. The van der Waals surface area contributed by atoms with Gasteiger partial charge in [-0.05, 0) is 38.9 Å². The SMILES string of the molecule is CCc1nn(CC)c(CNC2CCCC(SC)C2)c1Cl. The Labute approximate surface area is 131 Å². The van der Waals surface area contributed by atoms with E-state index >= 15 is 0 Å². The highest BCUT2D eigenvalue weighted by Gasteiger charge is 2.22. The van der Waals surface area contributed by atoms with Gasteiger partial charge in [-0.2, -0.15) is 16.9 Å². The summed E-state index contributed by atoms with van der Waals surface area (Å²) in [7, 11) is 0. The van der Waals surface area contributed by atoms with Crippen LogP contribution in [0.25, 0.3) is 0 Å². The third-order valence-corrected chi connectivity index (χ3v) is 5.74. The van der Waals surface area contributed by atoms with Gasteiger partial charge in [0.05, 0.1) is 16.4 Å². The Balaban J connectivity index is 1.98. The summed E-state index contributed by atoms with van der Waals surface area (Å²) < 4.78 is 2.04. The van der Waals surface area contributed by atoms with Gasteiger partial charge >= 0.3 is 0 Å². The second kappa shape index (κ2) is 7.71. The van der Waals surface area contributed by atoms with Crippen LogP contribution in [0.4, 0.5) is 0 Å². The maximum Gasteiger partial charge on any atom is 0.0863 e. The van der Waals surface area contributed by atoms with Crippen molar-refractivity contribution in [3.63, 3.8) is 0 Å². The van der Waals surface area contributed by atoms with Gasteiger partial charge in [0.1, 0.15) is 0 Å². The summed E-state index contributed by atoms with van der Waals surface area (Å²) >= 11 is 8.46. The van der Waals surface area contributed by atoms with Crippen LogP contribution in [0.3, 0.4) is 0 Å². The lowest BCUT2D eigenvalue weighted by atomic mass is 9.95. The highest BCUT2D eigenvalue weighted by atomic mass is 35.5. The zero-order valence-corrected chi connectivity index (χ0v) is 14.4. The van der Waals surface area contributed by atoms with Crippen molar-refractivity contribution in [1.29, 1.82) is 0 Å². The van der Waals surface area contributed by atoms with Crippen LogP contribution in [0.1, 0.15) is 50.9 Å². The fourth-order valence-corrected chi connectivity index (χ4v) is 4.13. The molecule has 5 heteroatoms. The summed E-state index contributed by atoms with van der Waals surface area (Å²) in [6.07, 6.45) is 8.40. The Morgan fingerprint density at radius 3 is 2.85 bits per heavy atom. The maximum atomic E-state index is 6.45. The molecule has 114 valence electrons. The highest BCUT2D eigenvalue weighted by molar-refractivity contribution is 7.99. The molecule has 3 nitrogen and oxygen atoms in total. The minimum absolute atomic E-state index is 0.627. The van der Waals surface area contributed by atoms with E-state index in [2.05, 4.69) is 30.5 Å². The second-order valence-electron chi connectivity index (χ2n) is 5.48. The molecule has 20 heavy (non-hydrogen) atoms. The number of rotatable bonds is 6. The Bertz CT molecular complexity index is 433. The fourth-order valence-electron chi connectivity index (χ4n) is 2.97. The van der Waals surface area contributed by atoms with Crippen molar-refractivity contribution in [1.82, 2.24) is 15.1 Å². The molecular formula is C15H26ClN3S. The predicted molar refractivity (Wildman–Crippen MR) is 88.7 cm³/mol. The molecule has 0 saturated heterocycles. The predicted octanol–water partition coefficient (Wildman–Crippen LogP) is 3.88. The molecule has 0 aromatic carbocycles. The Hall–Kier alpha value is -0.190. The van der Waals surface area contributed by atoms with Crippen molar-refractivity contribution in [2.45, 2.75) is 70.3 Å². The van der Waals surface area contributed by atoms with Crippen LogP contribution < -0.4 is 5.32 Å². The number of aromatic nitrogens is 2. The summed E-state index contributed by atoms with van der Waals surface area (Å²) in [4.78, 5) is 0. The monoisotopic (exact) mass is 315 g/mol. The number of nitrogens with one attached hydrogen (secondary N) is 1. The average molecular weight is 316 g/mol. The first-order chi connectivity index (χ1) is 9.69. The molecule has 1 saturated carbocycles. The van der Waals surface area contributed by atoms with E-state index in [1.54, 1.807) is 0 Å². The van der Waals surface area contributed by atoms with Crippen molar-refractivity contribution in [3.8, 4) is 0 Å². The van der Waals surface area contributed by atoms with Crippen molar-refractivity contribution in [2.75, 3.05) is 6.26 Å². The van der Waals surface area contributed by atoms with Crippen molar-refractivity contribution >= 4 is 23.4 Å². The minimum atomic E-state index is 0.627. The first kappa shape index (κ1) is 16.2. The summed E-state index contributed by atoms with van der Waals surface area (Å²) in [6, 6.07) is 0.627. The third kappa shape index (κ3) is 3.71. The quantitative estimate of drug-likeness (QED) is 0.864. The molecule has 0 spiro atoms.